The molecular formula is C14H19NO2. The van der Waals surface area contributed by atoms with Crippen molar-refractivity contribution in [2.24, 2.45) is 0 Å². The molecule has 1 saturated heterocycles. The molecule has 1 aliphatic heterocycles. The number of nitrogens with zero attached hydrogens (tertiary/aromatic N) is 1. The molecule has 0 bridgehead atoms. The van der Waals surface area contributed by atoms with Gasteiger partial charge in [0.05, 0.1) is 19.8 Å². The maximum atomic E-state index is 9.40. The standard InChI is InChI=1S/C14H19NO2/c16-11-14(5-6-14)12-1-3-13(4-2-12)15-7-9-17-10-8-15/h1-4,16H,5-11H2. The van der Waals surface area contributed by atoms with Crippen molar-refractivity contribution >= 4 is 5.69 Å². The molecule has 1 aromatic carbocycles. The lowest BCUT2D eigenvalue weighted by molar-refractivity contribution is 0.122. The molecule has 3 nitrogen and oxygen atoms in total. The highest BCUT2D eigenvalue weighted by molar-refractivity contribution is 5.49. The second-order valence-electron chi connectivity index (χ2n) is 5.08. The number of anilines is 1. The fourth-order valence-corrected chi connectivity index (χ4v) is 2.54. The number of aliphatic hydroxyl groups is 1. The monoisotopic (exact) mass is 233 g/mol. The van der Waals surface area contributed by atoms with Crippen LogP contribution in [0.25, 0.3) is 0 Å². The first-order chi connectivity index (χ1) is 8.34. The highest BCUT2D eigenvalue weighted by Gasteiger charge is 2.43. The highest BCUT2D eigenvalue weighted by atomic mass is 16.5. The van der Waals surface area contributed by atoms with Gasteiger partial charge in [0, 0.05) is 24.2 Å². The van der Waals surface area contributed by atoms with Gasteiger partial charge in [-0.15, -0.1) is 0 Å². The lowest BCUT2D eigenvalue weighted by Gasteiger charge is -2.29. The van der Waals surface area contributed by atoms with Crippen molar-refractivity contribution in [1.29, 1.82) is 0 Å². The summed E-state index contributed by atoms with van der Waals surface area (Å²) in [7, 11) is 0. The molecule has 0 atom stereocenters. The van der Waals surface area contributed by atoms with Gasteiger partial charge in [-0.1, -0.05) is 12.1 Å². The van der Waals surface area contributed by atoms with Crippen molar-refractivity contribution in [1.82, 2.24) is 0 Å². The van der Waals surface area contributed by atoms with E-state index >= 15 is 0 Å². The molecule has 1 heterocycles. The van der Waals surface area contributed by atoms with E-state index in [0.717, 1.165) is 39.1 Å². The topological polar surface area (TPSA) is 32.7 Å². The van der Waals surface area contributed by atoms with Gasteiger partial charge in [-0.05, 0) is 30.5 Å². The predicted octanol–water partition coefficient (Wildman–Crippen LogP) is 1.55. The number of ether oxygens (including phenoxy) is 1. The lowest BCUT2D eigenvalue weighted by atomic mass is 9.97. The summed E-state index contributed by atoms with van der Waals surface area (Å²) >= 11 is 0. The average molecular weight is 233 g/mol. The van der Waals surface area contributed by atoms with E-state index in [1.165, 1.54) is 11.3 Å². The zero-order valence-electron chi connectivity index (χ0n) is 10.1. The van der Waals surface area contributed by atoms with E-state index < -0.39 is 0 Å². The number of morpholine rings is 1. The van der Waals surface area contributed by atoms with Crippen LogP contribution in [-0.4, -0.2) is 38.0 Å². The third-order valence-electron chi connectivity index (χ3n) is 4.01. The highest BCUT2D eigenvalue weighted by Crippen LogP contribution is 2.47. The zero-order valence-corrected chi connectivity index (χ0v) is 10.1. The Labute approximate surface area is 102 Å². The average Bonchev–Trinajstić information content (AvgIpc) is 3.21. The molecule has 0 spiro atoms. The predicted molar refractivity (Wildman–Crippen MR) is 67.5 cm³/mol. The summed E-state index contributed by atoms with van der Waals surface area (Å²) in [5.41, 5.74) is 2.64. The number of rotatable bonds is 3. The first-order valence-corrected chi connectivity index (χ1v) is 6.38. The summed E-state index contributed by atoms with van der Waals surface area (Å²) in [6.45, 7) is 3.88. The van der Waals surface area contributed by atoms with Crippen LogP contribution in [0.2, 0.25) is 0 Å². The molecule has 3 rings (SSSR count). The van der Waals surface area contributed by atoms with Gasteiger partial charge < -0.3 is 14.7 Å². The van der Waals surface area contributed by atoms with Crippen LogP contribution < -0.4 is 4.90 Å². The van der Waals surface area contributed by atoms with Gasteiger partial charge in [-0.2, -0.15) is 0 Å². The molecule has 0 aromatic heterocycles. The summed E-state index contributed by atoms with van der Waals surface area (Å²) in [6, 6.07) is 8.70. The van der Waals surface area contributed by atoms with Gasteiger partial charge in [0.25, 0.3) is 0 Å². The quantitative estimate of drug-likeness (QED) is 0.859. The van der Waals surface area contributed by atoms with Crippen LogP contribution >= 0.6 is 0 Å². The molecular weight excluding hydrogens is 214 g/mol. The van der Waals surface area contributed by atoms with Gasteiger partial charge in [0.1, 0.15) is 0 Å². The van der Waals surface area contributed by atoms with Crippen molar-refractivity contribution < 1.29 is 9.84 Å². The molecule has 17 heavy (non-hydrogen) atoms. The Hall–Kier alpha value is -1.06. The van der Waals surface area contributed by atoms with Gasteiger partial charge in [-0.3, -0.25) is 0 Å². The summed E-state index contributed by atoms with van der Waals surface area (Å²) in [4.78, 5) is 2.35. The maximum Gasteiger partial charge on any atom is 0.0642 e. The molecule has 92 valence electrons. The smallest absolute Gasteiger partial charge is 0.0642 e. The summed E-state index contributed by atoms with van der Waals surface area (Å²) in [6.07, 6.45) is 2.25. The Morgan fingerprint density at radius 1 is 1.12 bits per heavy atom. The molecule has 0 amide bonds. The lowest BCUT2D eigenvalue weighted by Crippen LogP contribution is -2.36. The maximum absolute atomic E-state index is 9.40. The summed E-state index contributed by atoms with van der Waals surface area (Å²) in [5.74, 6) is 0. The number of hydrogen-bond acceptors (Lipinski definition) is 3. The Morgan fingerprint density at radius 3 is 2.29 bits per heavy atom. The van der Waals surface area contributed by atoms with E-state index in [0.29, 0.717) is 0 Å². The first kappa shape index (κ1) is 11.1. The van der Waals surface area contributed by atoms with Crippen molar-refractivity contribution in [3.8, 4) is 0 Å². The Bertz CT molecular complexity index is 378. The summed E-state index contributed by atoms with van der Waals surface area (Å²) < 4.78 is 5.35. The van der Waals surface area contributed by atoms with Crippen LogP contribution in [0.4, 0.5) is 5.69 Å². The van der Waals surface area contributed by atoms with Crippen LogP contribution in [0, 0.1) is 0 Å². The molecule has 1 aliphatic carbocycles. The Kier molecular flexibility index (Phi) is 2.81. The fraction of sp³-hybridized carbons (Fsp3) is 0.571. The normalized spacial score (nSPS) is 22.5. The second-order valence-corrected chi connectivity index (χ2v) is 5.08. The van der Waals surface area contributed by atoms with Crippen LogP contribution in [0.5, 0.6) is 0 Å². The largest absolute Gasteiger partial charge is 0.395 e. The zero-order chi connectivity index (χ0) is 11.7. The number of aliphatic hydroxyl groups excluding tert-OH is 1. The number of benzene rings is 1. The Morgan fingerprint density at radius 2 is 1.76 bits per heavy atom. The van der Waals surface area contributed by atoms with Crippen LogP contribution in [-0.2, 0) is 10.2 Å². The van der Waals surface area contributed by atoms with E-state index in [9.17, 15) is 5.11 Å². The van der Waals surface area contributed by atoms with E-state index in [4.69, 9.17) is 4.74 Å². The van der Waals surface area contributed by atoms with Crippen LogP contribution in [0.3, 0.4) is 0 Å². The van der Waals surface area contributed by atoms with Crippen molar-refractivity contribution in [3.63, 3.8) is 0 Å². The molecule has 1 saturated carbocycles. The van der Waals surface area contributed by atoms with Crippen LogP contribution in [0.1, 0.15) is 18.4 Å². The van der Waals surface area contributed by atoms with E-state index in [1.54, 1.807) is 0 Å². The van der Waals surface area contributed by atoms with E-state index in [1.807, 2.05) is 0 Å². The van der Waals surface area contributed by atoms with Crippen LogP contribution in [0.15, 0.2) is 24.3 Å². The third kappa shape index (κ3) is 2.05. The van der Waals surface area contributed by atoms with Crippen molar-refractivity contribution in [2.75, 3.05) is 37.8 Å². The first-order valence-electron chi connectivity index (χ1n) is 6.38. The van der Waals surface area contributed by atoms with Gasteiger partial charge in [0.2, 0.25) is 0 Å². The molecule has 1 aromatic rings. The van der Waals surface area contributed by atoms with E-state index in [2.05, 4.69) is 29.2 Å². The number of hydrogen-bond donors (Lipinski definition) is 1. The minimum Gasteiger partial charge on any atom is -0.395 e. The van der Waals surface area contributed by atoms with Crippen molar-refractivity contribution in [2.45, 2.75) is 18.3 Å². The molecule has 0 unspecified atom stereocenters. The SMILES string of the molecule is OCC1(c2ccc(N3CCOCC3)cc2)CC1. The second kappa shape index (κ2) is 4.31. The molecule has 1 N–H and O–H groups in total. The van der Waals surface area contributed by atoms with E-state index in [-0.39, 0.29) is 12.0 Å². The third-order valence-corrected chi connectivity index (χ3v) is 4.01. The Balaban J connectivity index is 1.75. The van der Waals surface area contributed by atoms with Gasteiger partial charge >= 0.3 is 0 Å². The molecule has 2 aliphatic rings. The molecule has 0 radical (unpaired) electrons. The fourth-order valence-electron chi connectivity index (χ4n) is 2.54. The van der Waals surface area contributed by atoms with Crippen molar-refractivity contribution in [3.05, 3.63) is 29.8 Å². The van der Waals surface area contributed by atoms with Gasteiger partial charge in [-0.25, -0.2) is 0 Å². The molecule has 3 heteroatoms. The minimum absolute atomic E-state index is 0.0868. The van der Waals surface area contributed by atoms with Gasteiger partial charge in [0.15, 0.2) is 0 Å². The molecule has 2 fully saturated rings. The minimum atomic E-state index is 0.0868. The summed E-state index contributed by atoms with van der Waals surface area (Å²) in [5, 5.41) is 9.40.